The molecule has 30 heavy (non-hydrogen) atoms. The Balaban J connectivity index is 0.000000318. The van der Waals surface area contributed by atoms with Crippen LogP contribution in [0.3, 0.4) is 0 Å². The molecule has 1 amide bonds. The number of carbonyl (C=O) groups is 2. The maximum absolute atomic E-state index is 13.0. The SMILES string of the molecule is O=C(O)C(F)(F)F.O=C([C@H]1COC[C@H]2CN(C3CCCCC3)C[C@H]21)N1CCOCC1. The Morgan fingerprint density at radius 1 is 0.933 bits per heavy atom. The highest BCUT2D eigenvalue weighted by molar-refractivity contribution is 5.79. The van der Waals surface area contributed by atoms with Crippen LogP contribution in [0.1, 0.15) is 32.1 Å². The van der Waals surface area contributed by atoms with Gasteiger partial charge in [-0.2, -0.15) is 13.2 Å². The lowest BCUT2D eigenvalue weighted by Gasteiger charge is -2.37. The van der Waals surface area contributed by atoms with Gasteiger partial charge in [-0.25, -0.2) is 4.79 Å². The molecule has 3 aliphatic heterocycles. The fourth-order valence-corrected chi connectivity index (χ4v) is 5.05. The molecule has 0 bridgehead atoms. The molecule has 7 nitrogen and oxygen atoms in total. The summed E-state index contributed by atoms with van der Waals surface area (Å²) in [5.41, 5.74) is 0. The van der Waals surface area contributed by atoms with E-state index in [0.29, 0.717) is 37.6 Å². The van der Waals surface area contributed by atoms with Gasteiger partial charge >= 0.3 is 12.1 Å². The van der Waals surface area contributed by atoms with Gasteiger partial charge in [-0.05, 0) is 24.7 Å². The molecule has 1 N–H and O–H groups in total. The van der Waals surface area contributed by atoms with Gasteiger partial charge in [0.2, 0.25) is 5.91 Å². The fraction of sp³-hybridized carbons (Fsp3) is 0.900. The molecule has 0 aromatic rings. The molecule has 4 fully saturated rings. The predicted octanol–water partition coefficient (Wildman–Crippen LogP) is 2.01. The van der Waals surface area contributed by atoms with Crippen molar-refractivity contribution in [3.63, 3.8) is 0 Å². The first-order valence-corrected chi connectivity index (χ1v) is 10.8. The van der Waals surface area contributed by atoms with E-state index < -0.39 is 12.1 Å². The molecule has 0 spiro atoms. The van der Waals surface area contributed by atoms with Crippen LogP contribution in [-0.4, -0.2) is 91.6 Å². The number of aliphatic carboxylic acids is 1. The predicted molar refractivity (Wildman–Crippen MR) is 101 cm³/mol. The van der Waals surface area contributed by atoms with E-state index in [0.717, 1.165) is 38.8 Å². The van der Waals surface area contributed by atoms with E-state index in [4.69, 9.17) is 19.4 Å². The number of halogens is 3. The maximum atomic E-state index is 13.0. The van der Waals surface area contributed by atoms with Crippen LogP contribution in [0.15, 0.2) is 0 Å². The quantitative estimate of drug-likeness (QED) is 0.714. The summed E-state index contributed by atoms with van der Waals surface area (Å²) in [6.07, 6.45) is 1.77. The Morgan fingerprint density at radius 2 is 1.57 bits per heavy atom. The first kappa shape index (κ1) is 23.3. The number of amides is 1. The van der Waals surface area contributed by atoms with Crippen molar-refractivity contribution < 1.29 is 37.3 Å². The number of carbonyl (C=O) groups excluding carboxylic acids is 1. The van der Waals surface area contributed by atoms with Crippen molar-refractivity contribution in [1.82, 2.24) is 9.80 Å². The Bertz CT molecular complexity index is 591. The van der Waals surface area contributed by atoms with Crippen molar-refractivity contribution in [2.24, 2.45) is 17.8 Å². The molecular weight excluding hydrogens is 405 g/mol. The molecule has 1 saturated carbocycles. The van der Waals surface area contributed by atoms with Crippen molar-refractivity contribution in [2.75, 3.05) is 52.6 Å². The molecule has 3 atom stereocenters. The number of likely N-dealkylation sites (tertiary alicyclic amines) is 1. The average Bonchev–Trinajstić information content (AvgIpc) is 3.19. The maximum Gasteiger partial charge on any atom is 0.490 e. The van der Waals surface area contributed by atoms with Crippen molar-refractivity contribution in [1.29, 1.82) is 0 Å². The van der Waals surface area contributed by atoms with Gasteiger partial charge in [0.1, 0.15) is 0 Å². The second kappa shape index (κ2) is 10.3. The number of hydrogen-bond donors (Lipinski definition) is 1. The summed E-state index contributed by atoms with van der Waals surface area (Å²) in [6.45, 7) is 6.58. The Hall–Kier alpha value is -1.39. The van der Waals surface area contributed by atoms with Crippen molar-refractivity contribution in [3.05, 3.63) is 0 Å². The van der Waals surface area contributed by atoms with E-state index in [2.05, 4.69) is 4.90 Å². The number of ether oxygens (including phenoxy) is 2. The average molecular weight is 436 g/mol. The van der Waals surface area contributed by atoms with Crippen molar-refractivity contribution in [3.8, 4) is 0 Å². The first-order chi connectivity index (χ1) is 14.3. The van der Waals surface area contributed by atoms with Gasteiger partial charge in [0.25, 0.3) is 0 Å². The van der Waals surface area contributed by atoms with Gasteiger partial charge in [-0.15, -0.1) is 0 Å². The number of carboxylic acids is 1. The Morgan fingerprint density at radius 3 is 2.17 bits per heavy atom. The third-order valence-electron chi connectivity index (χ3n) is 6.64. The molecule has 3 saturated heterocycles. The molecule has 0 unspecified atom stereocenters. The number of nitrogens with zero attached hydrogens (tertiary/aromatic N) is 2. The third-order valence-corrected chi connectivity index (χ3v) is 6.64. The smallest absolute Gasteiger partial charge is 0.475 e. The van der Waals surface area contributed by atoms with Gasteiger partial charge in [0.05, 0.1) is 32.3 Å². The number of morpholine rings is 1. The third kappa shape index (κ3) is 5.85. The lowest BCUT2D eigenvalue weighted by molar-refractivity contribution is -0.192. The minimum absolute atomic E-state index is 0.0699. The van der Waals surface area contributed by atoms with E-state index in [1.807, 2.05) is 4.90 Å². The minimum atomic E-state index is -5.08. The molecule has 1 aliphatic carbocycles. The van der Waals surface area contributed by atoms with Crippen LogP contribution >= 0.6 is 0 Å². The molecule has 4 aliphatic rings. The van der Waals surface area contributed by atoms with E-state index in [1.54, 1.807) is 0 Å². The highest BCUT2D eigenvalue weighted by atomic mass is 19.4. The normalized spacial score (nSPS) is 30.9. The molecule has 10 heteroatoms. The summed E-state index contributed by atoms with van der Waals surface area (Å²) in [6, 6.07) is 0.758. The largest absolute Gasteiger partial charge is 0.490 e. The summed E-state index contributed by atoms with van der Waals surface area (Å²) < 4.78 is 43.0. The zero-order valence-electron chi connectivity index (χ0n) is 17.1. The van der Waals surface area contributed by atoms with E-state index in [1.165, 1.54) is 32.1 Å². The van der Waals surface area contributed by atoms with E-state index in [-0.39, 0.29) is 5.92 Å². The molecular formula is C20H31F3N2O5. The fourth-order valence-electron chi connectivity index (χ4n) is 5.05. The standard InChI is InChI=1S/C18H30N2O3.C2HF3O2/c21-18(19-6-8-22-9-7-19)17-13-23-12-14-10-20(11-16(14)17)15-4-2-1-3-5-15;3-2(4,5)1(6)7/h14-17H,1-13H2;(H,6,7)/t14-,16-,17+;/m1./s1. The van der Waals surface area contributed by atoms with Crippen LogP contribution in [0.4, 0.5) is 13.2 Å². The monoisotopic (exact) mass is 436 g/mol. The van der Waals surface area contributed by atoms with Crippen LogP contribution < -0.4 is 0 Å². The molecule has 0 aromatic carbocycles. The number of alkyl halides is 3. The summed E-state index contributed by atoms with van der Waals surface area (Å²) in [7, 11) is 0. The Kier molecular flexibility index (Phi) is 7.98. The van der Waals surface area contributed by atoms with Crippen LogP contribution in [0.2, 0.25) is 0 Å². The topological polar surface area (TPSA) is 79.3 Å². The highest BCUT2D eigenvalue weighted by Crippen LogP contribution is 2.38. The van der Waals surface area contributed by atoms with Crippen LogP contribution in [0.25, 0.3) is 0 Å². The summed E-state index contributed by atoms with van der Waals surface area (Å²) in [5, 5.41) is 7.12. The lowest BCUT2D eigenvalue weighted by atomic mass is 9.82. The number of rotatable bonds is 2. The number of carboxylic acid groups (broad SMARTS) is 1. The van der Waals surface area contributed by atoms with E-state index in [9.17, 15) is 18.0 Å². The van der Waals surface area contributed by atoms with E-state index >= 15 is 0 Å². The van der Waals surface area contributed by atoms with Crippen LogP contribution in [-0.2, 0) is 19.1 Å². The summed E-state index contributed by atoms with van der Waals surface area (Å²) >= 11 is 0. The van der Waals surface area contributed by atoms with Gasteiger partial charge in [-0.3, -0.25) is 9.69 Å². The lowest BCUT2D eigenvalue weighted by Crippen LogP contribution is -2.49. The molecule has 4 rings (SSSR count). The molecule has 0 aromatic heterocycles. The number of hydrogen-bond acceptors (Lipinski definition) is 5. The van der Waals surface area contributed by atoms with Gasteiger partial charge in [-0.1, -0.05) is 19.3 Å². The summed E-state index contributed by atoms with van der Waals surface area (Å²) in [5.74, 6) is -1.32. The first-order valence-electron chi connectivity index (χ1n) is 10.8. The van der Waals surface area contributed by atoms with Crippen LogP contribution in [0, 0.1) is 17.8 Å². The second-order valence-corrected chi connectivity index (χ2v) is 8.55. The van der Waals surface area contributed by atoms with Crippen molar-refractivity contribution >= 4 is 11.9 Å². The highest BCUT2D eigenvalue weighted by Gasteiger charge is 2.46. The molecule has 172 valence electrons. The van der Waals surface area contributed by atoms with Gasteiger partial charge in [0, 0.05) is 32.2 Å². The van der Waals surface area contributed by atoms with Gasteiger partial charge in [0.15, 0.2) is 0 Å². The van der Waals surface area contributed by atoms with Gasteiger partial charge < -0.3 is 19.5 Å². The Labute approximate surface area is 174 Å². The molecule has 3 heterocycles. The zero-order chi connectivity index (χ0) is 21.7. The minimum Gasteiger partial charge on any atom is -0.475 e. The zero-order valence-corrected chi connectivity index (χ0v) is 17.1. The molecule has 0 radical (unpaired) electrons. The van der Waals surface area contributed by atoms with Crippen LogP contribution in [0.5, 0.6) is 0 Å². The second-order valence-electron chi connectivity index (χ2n) is 8.55. The summed E-state index contributed by atoms with van der Waals surface area (Å²) in [4.78, 5) is 26.5. The van der Waals surface area contributed by atoms with Crippen molar-refractivity contribution in [2.45, 2.75) is 44.3 Å². The number of fused-ring (bicyclic) bond motifs is 1.